The summed E-state index contributed by atoms with van der Waals surface area (Å²) in [6, 6.07) is 10.5. The van der Waals surface area contributed by atoms with E-state index in [4.69, 9.17) is 9.15 Å². The van der Waals surface area contributed by atoms with Gasteiger partial charge >= 0.3 is 0 Å². The molecule has 0 atom stereocenters. The summed E-state index contributed by atoms with van der Waals surface area (Å²) in [4.78, 5) is 28.6. The number of furan rings is 1. The molecule has 0 bridgehead atoms. The standard InChI is InChI=1S/C17H16N2O4/c1-19(17(21)15-4-3-7-23-15)10-12-8-11-5-6-13(22-2)9-14(11)18-16(12)20/h3-9H,10H2,1-2H3,(H,18,20). The van der Waals surface area contributed by atoms with Gasteiger partial charge in [0.15, 0.2) is 5.76 Å². The van der Waals surface area contributed by atoms with E-state index >= 15 is 0 Å². The highest BCUT2D eigenvalue weighted by molar-refractivity contribution is 5.91. The van der Waals surface area contributed by atoms with Crippen molar-refractivity contribution >= 4 is 16.8 Å². The first-order valence-corrected chi connectivity index (χ1v) is 7.07. The maximum Gasteiger partial charge on any atom is 0.289 e. The highest BCUT2D eigenvalue weighted by Gasteiger charge is 2.16. The molecule has 2 aromatic heterocycles. The van der Waals surface area contributed by atoms with Crippen LogP contribution in [0.4, 0.5) is 0 Å². The van der Waals surface area contributed by atoms with Crippen molar-refractivity contribution in [3.8, 4) is 5.75 Å². The molecule has 0 spiro atoms. The molecule has 0 aliphatic rings. The molecule has 3 aromatic rings. The lowest BCUT2D eigenvalue weighted by molar-refractivity contribution is 0.0753. The van der Waals surface area contributed by atoms with Crippen molar-refractivity contribution in [3.63, 3.8) is 0 Å². The fraction of sp³-hybridized carbons (Fsp3) is 0.176. The molecule has 0 saturated carbocycles. The summed E-state index contributed by atoms with van der Waals surface area (Å²) in [6.07, 6.45) is 1.44. The second-order valence-electron chi connectivity index (χ2n) is 5.22. The van der Waals surface area contributed by atoms with Crippen molar-refractivity contribution in [1.82, 2.24) is 9.88 Å². The minimum atomic E-state index is -0.274. The summed E-state index contributed by atoms with van der Waals surface area (Å²) in [5.41, 5.74) is 0.966. The molecule has 3 rings (SSSR count). The molecule has 0 fully saturated rings. The van der Waals surface area contributed by atoms with Gasteiger partial charge in [0.1, 0.15) is 5.75 Å². The first kappa shape index (κ1) is 14.9. The topological polar surface area (TPSA) is 75.5 Å². The fourth-order valence-electron chi connectivity index (χ4n) is 2.39. The smallest absolute Gasteiger partial charge is 0.289 e. The van der Waals surface area contributed by atoms with E-state index in [2.05, 4.69) is 4.98 Å². The van der Waals surface area contributed by atoms with Gasteiger partial charge in [-0.1, -0.05) is 0 Å². The van der Waals surface area contributed by atoms with Crippen LogP contribution in [-0.4, -0.2) is 29.9 Å². The van der Waals surface area contributed by atoms with Crippen molar-refractivity contribution in [1.29, 1.82) is 0 Å². The number of pyridine rings is 1. The van der Waals surface area contributed by atoms with Gasteiger partial charge in [-0.25, -0.2) is 0 Å². The third-order valence-electron chi connectivity index (χ3n) is 3.62. The molecule has 6 nitrogen and oxygen atoms in total. The first-order chi connectivity index (χ1) is 11.1. The summed E-state index contributed by atoms with van der Waals surface area (Å²) < 4.78 is 10.2. The summed E-state index contributed by atoms with van der Waals surface area (Å²) in [5, 5.41) is 0.874. The molecule has 6 heteroatoms. The summed E-state index contributed by atoms with van der Waals surface area (Å²) in [7, 11) is 3.20. The number of ether oxygens (including phenoxy) is 1. The van der Waals surface area contributed by atoms with E-state index < -0.39 is 0 Å². The quantitative estimate of drug-likeness (QED) is 0.802. The van der Waals surface area contributed by atoms with Crippen LogP contribution in [0.25, 0.3) is 10.9 Å². The van der Waals surface area contributed by atoms with Crippen molar-refractivity contribution in [2.75, 3.05) is 14.2 Å². The fourth-order valence-corrected chi connectivity index (χ4v) is 2.39. The number of H-pyrrole nitrogens is 1. The third kappa shape index (κ3) is 2.96. The Bertz CT molecular complexity index is 897. The van der Waals surface area contributed by atoms with E-state index in [1.54, 1.807) is 38.4 Å². The Morgan fingerprint density at radius 2 is 2.13 bits per heavy atom. The molecule has 0 radical (unpaired) electrons. The van der Waals surface area contributed by atoms with E-state index in [1.165, 1.54) is 11.2 Å². The van der Waals surface area contributed by atoms with Gasteiger partial charge < -0.3 is 19.0 Å². The number of methoxy groups -OCH3 is 1. The van der Waals surface area contributed by atoms with Gasteiger partial charge in [-0.05, 0) is 35.7 Å². The van der Waals surface area contributed by atoms with Gasteiger partial charge in [0, 0.05) is 18.7 Å². The predicted molar refractivity (Wildman–Crippen MR) is 85.6 cm³/mol. The molecule has 1 amide bonds. The molecule has 2 heterocycles. The van der Waals surface area contributed by atoms with Crippen LogP contribution in [0.3, 0.4) is 0 Å². The lowest BCUT2D eigenvalue weighted by Gasteiger charge is -2.15. The Balaban J connectivity index is 1.89. The molecule has 0 saturated heterocycles. The van der Waals surface area contributed by atoms with Crippen LogP contribution in [0.5, 0.6) is 5.75 Å². The number of hydrogen-bond acceptors (Lipinski definition) is 4. The van der Waals surface area contributed by atoms with Crippen molar-refractivity contribution in [3.05, 3.63) is 64.3 Å². The van der Waals surface area contributed by atoms with Crippen LogP contribution < -0.4 is 10.3 Å². The zero-order chi connectivity index (χ0) is 16.4. The van der Waals surface area contributed by atoms with E-state index in [0.717, 1.165) is 5.39 Å². The van der Waals surface area contributed by atoms with Gasteiger partial charge in [-0.2, -0.15) is 0 Å². The number of nitrogens with one attached hydrogen (secondary N) is 1. The summed E-state index contributed by atoms with van der Waals surface area (Å²) in [5.74, 6) is 0.643. The van der Waals surface area contributed by atoms with Crippen LogP contribution in [0, 0.1) is 0 Å². The minimum absolute atomic E-state index is 0.191. The molecule has 0 aliphatic heterocycles. The van der Waals surface area contributed by atoms with Crippen LogP contribution in [0.2, 0.25) is 0 Å². The number of amides is 1. The van der Waals surface area contributed by atoms with E-state index in [0.29, 0.717) is 16.8 Å². The SMILES string of the molecule is COc1ccc2cc(CN(C)C(=O)c3ccco3)c(=O)[nH]c2c1. The van der Waals surface area contributed by atoms with E-state index in [1.807, 2.05) is 12.1 Å². The Morgan fingerprint density at radius 3 is 2.83 bits per heavy atom. The predicted octanol–water partition coefficient (Wildman–Crippen LogP) is 2.40. The highest BCUT2D eigenvalue weighted by Crippen LogP contribution is 2.19. The van der Waals surface area contributed by atoms with Crippen LogP contribution >= 0.6 is 0 Å². The van der Waals surface area contributed by atoms with Crippen molar-refractivity contribution < 1.29 is 13.9 Å². The molecular weight excluding hydrogens is 296 g/mol. The highest BCUT2D eigenvalue weighted by atomic mass is 16.5. The van der Waals surface area contributed by atoms with Crippen LogP contribution in [0.15, 0.2) is 51.9 Å². The number of aromatic nitrogens is 1. The number of nitrogens with zero attached hydrogens (tertiary/aromatic N) is 1. The maximum absolute atomic E-state index is 12.2. The Kier molecular flexibility index (Phi) is 3.89. The number of benzene rings is 1. The zero-order valence-corrected chi connectivity index (χ0v) is 12.8. The van der Waals surface area contributed by atoms with Gasteiger partial charge in [0.05, 0.1) is 25.4 Å². The molecule has 23 heavy (non-hydrogen) atoms. The zero-order valence-electron chi connectivity index (χ0n) is 12.8. The van der Waals surface area contributed by atoms with E-state index in [-0.39, 0.29) is 23.8 Å². The Morgan fingerprint density at radius 1 is 1.30 bits per heavy atom. The average Bonchev–Trinajstić information content (AvgIpc) is 3.08. The van der Waals surface area contributed by atoms with Crippen molar-refractivity contribution in [2.24, 2.45) is 0 Å². The summed E-state index contributed by atoms with van der Waals surface area (Å²) >= 11 is 0. The average molecular weight is 312 g/mol. The minimum Gasteiger partial charge on any atom is -0.497 e. The van der Waals surface area contributed by atoms with Crippen LogP contribution in [-0.2, 0) is 6.54 Å². The van der Waals surface area contributed by atoms with Crippen molar-refractivity contribution in [2.45, 2.75) is 6.54 Å². The number of carbonyl (C=O) groups is 1. The molecule has 118 valence electrons. The van der Waals surface area contributed by atoms with Gasteiger partial charge in [0.2, 0.25) is 0 Å². The molecular formula is C17H16N2O4. The number of aromatic amines is 1. The lowest BCUT2D eigenvalue weighted by atomic mass is 10.1. The number of fused-ring (bicyclic) bond motifs is 1. The second kappa shape index (κ2) is 6.00. The van der Waals surface area contributed by atoms with Gasteiger partial charge in [0.25, 0.3) is 11.5 Å². The number of carbonyl (C=O) groups excluding carboxylic acids is 1. The molecule has 1 aromatic carbocycles. The second-order valence-corrected chi connectivity index (χ2v) is 5.22. The third-order valence-corrected chi connectivity index (χ3v) is 3.62. The Hall–Kier alpha value is -3.02. The van der Waals surface area contributed by atoms with Gasteiger partial charge in [-0.3, -0.25) is 9.59 Å². The largest absolute Gasteiger partial charge is 0.497 e. The first-order valence-electron chi connectivity index (χ1n) is 7.07. The molecule has 1 N–H and O–H groups in total. The van der Waals surface area contributed by atoms with E-state index in [9.17, 15) is 9.59 Å². The summed E-state index contributed by atoms with van der Waals surface area (Å²) in [6.45, 7) is 0.191. The number of rotatable bonds is 4. The Labute approximate surface area is 132 Å². The maximum atomic E-state index is 12.2. The monoisotopic (exact) mass is 312 g/mol. The molecule has 0 aliphatic carbocycles. The normalized spacial score (nSPS) is 10.7. The molecule has 0 unspecified atom stereocenters. The van der Waals surface area contributed by atoms with Crippen LogP contribution in [0.1, 0.15) is 16.1 Å². The van der Waals surface area contributed by atoms with Gasteiger partial charge in [-0.15, -0.1) is 0 Å². The lowest BCUT2D eigenvalue weighted by Crippen LogP contribution is -2.29. The number of hydrogen-bond donors (Lipinski definition) is 1.